The van der Waals surface area contributed by atoms with Crippen LogP contribution in [0.15, 0.2) is 303 Å². The van der Waals surface area contributed by atoms with Crippen LogP contribution in [0.4, 0.5) is 0 Å². The van der Waals surface area contributed by atoms with E-state index in [0.29, 0.717) is 0 Å². The summed E-state index contributed by atoms with van der Waals surface area (Å²) < 4.78 is 4.98. The van der Waals surface area contributed by atoms with Crippen LogP contribution in [0.2, 0.25) is 0 Å². The zero-order valence-corrected chi connectivity index (χ0v) is 42.8. The lowest BCUT2D eigenvalue weighted by Gasteiger charge is -2.34. The highest BCUT2D eigenvalue weighted by molar-refractivity contribution is 7.19. The van der Waals surface area contributed by atoms with Gasteiger partial charge in [0.1, 0.15) is 0 Å². The Morgan fingerprint density at radius 2 is 0.697 bits per heavy atom. The number of rotatable bonds is 9. The molecular formula is C73H50N2Si. The van der Waals surface area contributed by atoms with Gasteiger partial charge < -0.3 is 9.13 Å². The smallest absolute Gasteiger partial charge is 0.179 e. The molecule has 0 radical (unpaired) electrons. The molecule has 0 amide bonds. The van der Waals surface area contributed by atoms with Crippen LogP contribution < -0.4 is 20.7 Å². The molecule has 0 bridgehead atoms. The number of fused-ring (bicyclic) bond motifs is 9. The standard InChI is InChI=1S/C73H50N2Si/c1-6-25-51(26-7-1)73(52-27-8-2-9-28-52)65-42-19-16-38-62(65)71-60(40-23-43-66(71)73)61-41-24-46-70-72(61)63-39-18-21-45-68(63)75(70)54-47-48-69-64(50-54)59-37-17-20-44-67(59)74(69)53-29-22-36-58(49-53)76(55-30-10-3-11-31-55,56-32-12-4-13-33-56)57-34-14-5-15-35-57/h1-50H. The van der Waals surface area contributed by atoms with E-state index in [1.54, 1.807) is 0 Å². The molecule has 0 atom stereocenters. The predicted octanol–water partition coefficient (Wildman–Crippen LogP) is 15.3. The number of hydrogen-bond acceptors (Lipinski definition) is 0. The lowest BCUT2D eigenvalue weighted by Crippen LogP contribution is -2.74. The monoisotopic (exact) mass is 982 g/mol. The topological polar surface area (TPSA) is 9.86 Å². The van der Waals surface area contributed by atoms with Gasteiger partial charge in [0.25, 0.3) is 0 Å². The Kier molecular flexibility index (Phi) is 10.2. The van der Waals surface area contributed by atoms with Crippen LogP contribution in [0.25, 0.3) is 77.2 Å². The van der Waals surface area contributed by atoms with Crippen molar-refractivity contribution < 1.29 is 0 Å². The van der Waals surface area contributed by atoms with Crippen molar-refractivity contribution in [2.45, 2.75) is 5.41 Å². The van der Waals surface area contributed by atoms with Crippen molar-refractivity contribution in [2.24, 2.45) is 0 Å². The molecule has 0 N–H and O–H groups in total. The Morgan fingerprint density at radius 3 is 1.36 bits per heavy atom. The van der Waals surface area contributed by atoms with Crippen molar-refractivity contribution in [2.75, 3.05) is 0 Å². The summed E-state index contributed by atoms with van der Waals surface area (Å²) in [5.74, 6) is 0. The third-order valence-corrected chi connectivity index (χ3v) is 21.3. The lowest BCUT2D eigenvalue weighted by molar-refractivity contribution is 0.768. The minimum absolute atomic E-state index is 0.487. The summed E-state index contributed by atoms with van der Waals surface area (Å²) in [6, 6.07) is 113. The SMILES string of the molecule is c1ccc(C2(c3ccccc3)c3ccccc3-c3c(-c4cccc5c4c4ccccc4n5-c4ccc5c(c4)c4ccccc4n5-c4cccc([Si](c5ccccc5)(c5ccccc5)c5ccccc5)c4)cccc32)cc1. The van der Waals surface area contributed by atoms with Crippen molar-refractivity contribution in [1.82, 2.24) is 9.13 Å². The Balaban J connectivity index is 0.933. The quantitative estimate of drug-likeness (QED) is 0.101. The molecule has 2 aromatic heterocycles. The van der Waals surface area contributed by atoms with Gasteiger partial charge >= 0.3 is 0 Å². The molecule has 1 aliphatic carbocycles. The van der Waals surface area contributed by atoms with Crippen molar-refractivity contribution >= 4 is 72.4 Å². The molecule has 0 aliphatic heterocycles. The van der Waals surface area contributed by atoms with E-state index in [1.165, 1.54) is 109 Å². The molecule has 76 heavy (non-hydrogen) atoms. The van der Waals surface area contributed by atoms with Crippen LogP contribution in [0.1, 0.15) is 22.3 Å². The van der Waals surface area contributed by atoms with Gasteiger partial charge in [-0.15, -0.1) is 0 Å². The van der Waals surface area contributed by atoms with E-state index in [2.05, 4.69) is 312 Å². The zero-order chi connectivity index (χ0) is 50.2. The molecule has 1 aliphatic rings. The first-order chi connectivity index (χ1) is 37.7. The lowest BCUT2D eigenvalue weighted by atomic mass is 9.67. The average molecular weight is 983 g/mol. The first-order valence-corrected chi connectivity index (χ1v) is 28.4. The fourth-order valence-corrected chi connectivity index (χ4v) is 18.3. The fraction of sp³-hybridized carbons (Fsp3) is 0.0137. The molecule has 14 aromatic rings. The Hall–Kier alpha value is -9.54. The summed E-state index contributed by atoms with van der Waals surface area (Å²) in [7, 11) is -2.78. The van der Waals surface area contributed by atoms with Crippen LogP contribution in [-0.4, -0.2) is 17.2 Å². The molecule has 0 unspecified atom stereocenters. The molecule has 0 saturated heterocycles. The second kappa shape index (κ2) is 17.6. The van der Waals surface area contributed by atoms with Gasteiger partial charge in [0.05, 0.1) is 27.5 Å². The average Bonchev–Trinajstić information content (AvgIpc) is 4.15. The van der Waals surface area contributed by atoms with Gasteiger partial charge in [0.2, 0.25) is 0 Å². The number of nitrogens with zero attached hydrogens (tertiary/aromatic N) is 2. The summed E-state index contributed by atoms with van der Waals surface area (Å²) in [4.78, 5) is 0. The number of para-hydroxylation sites is 2. The highest BCUT2D eigenvalue weighted by atomic mass is 28.3. The minimum atomic E-state index is -2.78. The Labute approximate surface area is 443 Å². The van der Waals surface area contributed by atoms with Gasteiger partial charge in [0.15, 0.2) is 8.07 Å². The molecule has 2 nitrogen and oxygen atoms in total. The highest BCUT2D eigenvalue weighted by Crippen LogP contribution is 2.59. The first kappa shape index (κ1) is 44.0. The normalized spacial score (nSPS) is 12.8. The summed E-state index contributed by atoms with van der Waals surface area (Å²) in [5.41, 5.74) is 16.7. The van der Waals surface area contributed by atoms with Crippen LogP contribution in [0.5, 0.6) is 0 Å². The second-order valence-corrected chi connectivity index (χ2v) is 24.1. The summed E-state index contributed by atoms with van der Waals surface area (Å²) in [6.45, 7) is 0. The summed E-state index contributed by atoms with van der Waals surface area (Å²) >= 11 is 0. The Morgan fingerprint density at radius 1 is 0.263 bits per heavy atom. The molecule has 0 spiro atoms. The van der Waals surface area contributed by atoms with Crippen molar-refractivity contribution in [3.05, 3.63) is 326 Å². The molecule has 3 heteroatoms. The maximum Gasteiger partial charge on any atom is 0.179 e. The van der Waals surface area contributed by atoms with Crippen LogP contribution >= 0.6 is 0 Å². The predicted molar refractivity (Wildman–Crippen MR) is 321 cm³/mol. The minimum Gasteiger partial charge on any atom is -0.309 e. The van der Waals surface area contributed by atoms with Crippen molar-refractivity contribution in [1.29, 1.82) is 0 Å². The van der Waals surface area contributed by atoms with E-state index in [9.17, 15) is 0 Å². The summed E-state index contributed by atoms with van der Waals surface area (Å²) in [5, 5.41) is 10.4. The second-order valence-electron chi connectivity index (χ2n) is 20.3. The van der Waals surface area contributed by atoms with E-state index in [-0.39, 0.29) is 0 Å². The highest BCUT2D eigenvalue weighted by Gasteiger charge is 2.47. The van der Waals surface area contributed by atoms with Crippen LogP contribution in [0, 0.1) is 0 Å². The largest absolute Gasteiger partial charge is 0.309 e. The molecule has 0 saturated carbocycles. The van der Waals surface area contributed by atoms with E-state index in [0.717, 1.165) is 11.4 Å². The van der Waals surface area contributed by atoms with Gasteiger partial charge in [-0.3, -0.25) is 0 Å². The number of aromatic nitrogens is 2. The van der Waals surface area contributed by atoms with Gasteiger partial charge in [-0.25, -0.2) is 0 Å². The molecule has 2 heterocycles. The molecule has 0 fully saturated rings. The van der Waals surface area contributed by atoms with Crippen LogP contribution in [0.3, 0.4) is 0 Å². The van der Waals surface area contributed by atoms with E-state index in [4.69, 9.17) is 0 Å². The van der Waals surface area contributed by atoms with Crippen molar-refractivity contribution in [3.8, 4) is 33.6 Å². The maximum absolute atomic E-state index is 2.78. The molecule has 15 rings (SSSR count). The molecule has 12 aromatic carbocycles. The third-order valence-electron chi connectivity index (χ3n) is 16.5. The number of hydrogen-bond donors (Lipinski definition) is 0. The Bertz CT molecular complexity index is 4360. The number of benzene rings is 12. The maximum atomic E-state index is 2.50. The van der Waals surface area contributed by atoms with Gasteiger partial charge in [-0.05, 0) is 114 Å². The van der Waals surface area contributed by atoms with E-state index >= 15 is 0 Å². The first-order valence-electron chi connectivity index (χ1n) is 26.4. The third kappa shape index (κ3) is 6.33. The fourth-order valence-electron chi connectivity index (χ4n) is 13.6. The van der Waals surface area contributed by atoms with E-state index < -0.39 is 13.5 Å². The van der Waals surface area contributed by atoms with Gasteiger partial charge in [-0.2, -0.15) is 0 Å². The molecule has 356 valence electrons. The summed E-state index contributed by atoms with van der Waals surface area (Å²) in [6.07, 6.45) is 0. The molecular weight excluding hydrogens is 933 g/mol. The van der Waals surface area contributed by atoms with Gasteiger partial charge in [0, 0.05) is 32.9 Å². The van der Waals surface area contributed by atoms with Gasteiger partial charge in [-0.1, -0.05) is 255 Å². The zero-order valence-electron chi connectivity index (χ0n) is 41.8. The van der Waals surface area contributed by atoms with Crippen molar-refractivity contribution in [3.63, 3.8) is 0 Å². The van der Waals surface area contributed by atoms with Crippen LogP contribution in [-0.2, 0) is 5.41 Å². The van der Waals surface area contributed by atoms with E-state index in [1.807, 2.05) is 0 Å².